The Bertz CT molecular complexity index is 1010. The van der Waals surface area contributed by atoms with E-state index in [0.717, 1.165) is 6.07 Å². The summed E-state index contributed by atoms with van der Waals surface area (Å²) in [6.45, 7) is 3.85. The predicted octanol–water partition coefficient (Wildman–Crippen LogP) is 4.18. The Balaban J connectivity index is 2.40. The zero-order valence-electron chi connectivity index (χ0n) is 15.0. The van der Waals surface area contributed by atoms with Gasteiger partial charge in [-0.15, -0.1) is 0 Å². The molecule has 0 heterocycles. The number of non-ortho nitro benzene ring substituents is 1. The maximum atomic E-state index is 12.8. The molecular formula is C17H17Cl2N3O5S. The van der Waals surface area contributed by atoms with Crippen molar-refractivity contribution in [1.29, 1.82) is 0 Å². The molecule has 0 aliphatic heterocycles. The summed E-state index contributed by atoms with van der Waals surface area (Å²) >= 11 is 12.2. The third-order valence-corrected chi connectivity index (χ3v) is 6.75. The first-order chi connectivity index (χ1) is 13.1. The fraction of sp³-hybridized carbons (Fsp3) is 0.235. The first kappa shape index (κ1) is 22.1. The monoisotopic (exact) mass is 445 g/mol. The van der Waals surface area contributed by atoms with Gasteiger partial charge in [-0.25, -0.2) is 8.42 Å². The van der Waals surface area contributed by atoms with Crippen molar-refractivity contribution < 1.29 is 18.1 Å². The van der Waals surface area contributed by atoms with Crippen LogP contribution in [0, 0.1) is 10.1 Å². The highest BCUT2D eigenvalue weighted by Crippen LogP contribution is 2.31. The van der Waals surface area contributed by atoms with Crippen LogP contribution in [0.1, 0.15) is 24.2 Å². The average Bonchev–Trinajstić information content (AvgIpc) is 2.62. The van der Waals surface area contributed by atoms with Gasteiger partial charge < -0.3 is 5.32 Å². The molecule has 0 bridgehead atoms. The lowest BCUT2D eigenvalue weighted by molar-refractivity contribution is -0.384. The summed E-state index contributed by atoms with van der Waals surface area (Å²) in [6, 6.07) is 7.49. The predicted molar refractivity (Wildman–Crippen MR) is 108 cm³/mol. The van der Waals surface area contributed by atoms with E-state index < -0.39 is 20.9 Å². The number of hydrogen-bond donors (Lipinski definition) is 1. The minimum absolute atomic E-state index is 0.0251. The molecule has 150 valence electrons. The Hall–Kier alpha value is -2.20. The van der Waals surface area contributed by atoms with Crippen LogP contribution in [-0.2, 0) is 10.0 Å². The molecule has 0 saturated heterocycles. The third-order valence-electron chi connectivity index (χ3n) is 3.93. The molecule has 0 spiro atoms. The SMILES string of the molecule is CCN(CC)S(=O)(=O)c1cc(C(=O)Nc2ccc([N+](=O)[O-])cc2)c(Cl)cc1Cl. The molecule has 0 unspecified atom stereocenters. The second-order valence-corrected chi connectivity index (χ2v) is 8.33. The molecule has 1 amide bonds. The largest absolute Gasteiger partial charge is 0.322 e. The molecule has 0 radical (unpaired) electrons. The number of anilines is 1. The second-order valence-electron chi connectivity index (χ2n) is 5.61. The highest BCUT2D eigenvalue weighted by Gasteiger charge is 2.27. The van der Waals surface area contributed by atoms with Crippen LogP contribution in [0.2, 0.25) is 10.0 Å². The molecule has 11 heteroatoms. The summed E-state index contributed by atoms with van der Waals surface area (Å²) in [7, 11) is -3.90. The molecule has 0 aromatic heterocycles. The molecule has 8 nitrogen and oxygen atoms in total. The smallest absolute Gasteiger partial charge is 0.269 e. The number of nitro groups is 1. The lowest BCUT2D eigenvalue weighted by Gasteiger charge is -2.20. The zero-order valence-corrected chi connectivity index (χ0v) is 17.3. The van der Waals surface area contributed by atoms with Gasteiger partial charge >= 0.3 is 0 Å². The Kier molecular flexibility index (Phi) is 7.00. The van der Waals surface area contributed by atoms with E-state index in [-0.39, 0.29) is 45.0 Å². The summed E-state index contributed by atoms with van der Waals surface area (Å²) in [4.78, 5) is 22.5. The zero-order chi connectivity index (χ0) is 21.1. The van der Waals surface area contributed by atoms with Crippen molar-refractivity contribution in [3.63, 3.8) is 0 Å². The van der Waals surface area contributed by atoms with Crippen LogP contribution in [0.25, 0.3) is 0 Å². The van der Waals surface area contributed by atoms with Gasteiger partial charge in [-0.3, -0.25) is 14.9 Å². The van der Waals surface area contributed by atoms with Gasteiger partial charge in [0.2, 0.25) is 10.0 Å². The molecular weight excluding hydrogens is 429 g/mol. The summed E-state index contributed by atoms with van der Waals surface area (Å²) in [5.41, 5.74) is 0.0695. The van der Waals surface area contributed by atoms with Crippen molar-refractivity contribution in [3.05, 3.63) is 62.1 Å². The van der Waals surface area contributed by atoms with E-state index in [0.29, 0.717) is 0 Å². The molecule has 0 aliphatic carbocycles. The molecule has 2 aromatic rings. The molecule has 0 atom stereocenters. The number of carbonyl (C=O) groups is 1. The lowest BCUT2D eigenvalue weighted by atomic mass is 10.2. The highest BCUT2D eigenvalue weighted by molar-refractivity contribution is 7.89. The van der Waals surface area contributed by atoms with Crippen LogP contribution >= 0.6 is 23.2 Å². The van der Waals surface area contributed by atoms with E-state index in [4.69, 9.17) is 23.2 Å². The van der Waals surface area contributed by atoms with Gasteiger partial charge in [-0.05, 0) is 24.3 Å². The number of amides is 1. The maximum Gasteiger partial charge on any atom is 0.269 e. The summed E-state index contributed by atoms with van der Waals surface area (Å²) in [6.07, 6.45) is 0. The van der Waals surface area contributed by atoms with Crippen LogP contribution in [-0.4, -0.2) is 36.6 Å². The fourth-order valence-corrected chi connectivity index (χ4v) is 4.76. The number of halogens is 2. The number of carbonyl (C=O) groups excluding carboxylic acids is 1. The van der Waals surface area contributed by atoms with Gasteiger partial charge in [-0.1, -0.05) is 37.0 Å². The van der Waals surface area contributed by atoms with Crippen molar-refractivity contribution in [3.8, 4) is 0 Å². The van der Waals surface area contributed by atoms with E-state index >= 15 is 0 Å². The number of hydrogen-bond acceptors (Lipinski definition) is 5. The molecule has 0 fully saturated rings. The number of nitro benzene ring substituents is 1. The van der Waals surface area contributed by atoms with Crippen molar-refractivity contribution in [2.45, 2.75) is 18.7 Å². The summed E-state index contributed by atoms with van der Waals surface area (Å²) in [5.74, 6) is -0.675. The minimum Gasteiger partial charge on any atom is -0.322 e. The van der Waals surface area contributed by atoms with Crippen LogP contribution < -0.4 is 5.32 Å². The number of benzene rings is 2. The van der Waals surface area contributed by atoms with Gasteiger partial charge in [0, 0.05) is 30.9 Å². The number of nitrogens with zero attached hydrogens (tertiary/aromatic N) is 2. The van der Waals surface area contributed by atoms with Gasteiger partial charge in [-0.2, -0.15) is 4.31 Å². The Morgan fingerprint density at radius 2 is 1.68 bits per heavy atom. The third kappa shape index (κ3) is 4.61. The van der Waals surface area contributed by atoms with Crippen LogP contribution in [0.15, 0.2) is 41.3 Å². The van der Waals surface area contributed by atoms with Gasteiger partial charge in [0.25, 0.3) is 11.6 Å². The standard InChI is InChI=1S/C17H17Cl2N3O5S/c1-3-21(4-2)28(26,27)16-9-13(14(18)10-15(16)19)17(23)20-11-5-7-12(8-6-11)22(24)25/h5-10H,3-4H2,1-2H3,(H,20,23). The molecule has 2 aromatic carbocycles. The molecule has 28 heavy (non-hydrogen) atoms. The maximum absolute atomic E-state index is 12.8. The van der Waals surface area contributed by atoms with Crippen LogP contribution in [0.3, 0.4) is 0 Å². The topological polar surface area (TPSA) is 110 Å². The quantitative estimate of drug-likeness (QED) is 0.507. The van der Waals surface area contributed by atoms with Gasteiger partial charge in [0.1, 0.15) is 4.90 Å². The number of sulfonamides is 1. The average molecular weight is 446 g/mol. The van der Waals surface area contributed by atoms with Crippen molar-refractivity contribution in [2.75, 3.05) is 18.4 Å². The normalized spacial score (nSPS) is 11.5. The molecule has 0 aliphatic rings. The minimum atomic E-state index is -3.90. The second kappa shape index (κ2) is 8.87. The molecule has 1 N–H and O–H groups in total. The van der Waals surface area contributed by atoms with E-state index in [9.17, 15) is 23.3 Å². The van der Waals surface area contributed by atoms with Gasteiger partial charge in [0.05, 0.1) is 20.5 Å². The number of rotatable bonds is 7. The Labute approximate surface area is 172 Å². The fourth-order valence-electron chi connectivity index (χ4n) is 2.47. The van der Waals surface area contributed by atoms with E-state index in [2.05, 4.69) is 5.32 Å². The first-order valence-electron chi connectivity index (χ1n) is 8.16. The van der Waals surface area contributed by atoms with E-state index in [1.165, 1.54) is 34.6 Å². The van der Waals surface area contributed by atoms with Crippen molar-refractivity contribution in [1.82, 2.24) is 4.31 Å². The Morgan fingerprint density at radius 1 is 1.11 bits per heavy atom. The van der Waals surface area contributed by atoms with Crippen LogP contribution in [0.4, 0.5) is 11.4 Å². The van der Waals surface area contributed by atoms with Crippen molar-refractivity contribution >= 4 is 50.5 Å². The lowest BCUT2D eigenvalue weighted by Crippen LogP contribution is -2.31. The van der Waals surface area contributed by atoms with Crippen molar-refractivity contribution in [2.24, 2.45) is 0 Å². The summed E-state index contributed by atoms with van der Waals surface area (Å²) in [5, 5.41) is 13.1. The molecule has 2 rings (SSSR count). The Morgan fingerprint density at radius 3 is 2.18 bits per heavy atom. The molecule has 0 saturated carbocycles. The van der Waals surface area contributed by atoms with E-state index in [1.807, 2.05) is 0 Å². The van der Waals surface area contributed by atoms with E-state index in [1.54, 1.807) is 13.8 Å². The first-order valence-corrected chi connectivity index (χ1v) is 10.4. The number of nitrogens with one attached hydrogen (secondary N) is 1. The van der Waals surface area contributed by atoms with Crippen LogP contribution in [0.5, 0.6) is 0 Å². The van der Waals surface area contributed by atoms with Gasteiger partial charge in [0.15, 0.2) is 0 Å². The summed E-state index contributed by atoms with van der Waals surface area (Å²) < 4.78 is 26.7. The highest BCUT2D eigenvalue weighted by atomic mass is 35.5.